The van der Waals surface area contributed by atoms with E-state index in [4.69, 9.17) is 11.6 Å². The van der Waals surface area contributed by atoms with Crippen molar-refractivity contribution in [2.75, 3.05) is 5.32 Å². The Labute approximate surface area is 136 Å². The Balaban J connectivity index is 2.04. The second kappa shape index (κ2) is 6.66. The third-order valence-electron chi connectivity index (χ3n) is 3.31. The molecular weight excluding hydrogens is 324 g/mol. The van der Waals surface area contributed by atoms with Crippen LogP contribution in [0, 0.1) is 24.0 Å². The topological polar surface area (TPSA) is 110 Å². The molecule has 8 nitrogen and oxygen atoms in total. The predicted molar refractivity (Wildman–Crippen MR) is 84.7 cm³/mol. The molecule has 2 N–H and O–H groups in total. The first kappa shape index (κ1) is 16.8. The molecular formula is C14H15ClN4O4. The number of nitrogens with one attached hydrogen (secondary N) is 1. The van der Waals surface area contributed by atoms with Gasteiger partial charge in [-0.25, -0.2) is 0 Å². The number of anilines is 1. The molecule has 0 radical (unpaired) electrons. The predicted octanol–water partition coefficient (Wildman–Crippen LogP) is 2.80. The van der Waals surface area contributed by atoms with Gasteiger partial charge < -0.3 is 10.4 Å². The molecule has 0 bridgehead atoms. The van der Waals surface area contributed by atoms with Crippen LogP contribution in [0.15, 0.2) is 18.2 Å². The van der Waals surface area contributed by atoms with Gasteiger partial charge in [0, 0.05) is 18.6 Å². The molecule has 0 fully saturated rings. The molecule has 9 heteroatoms. The van der Waals surface area contributed by atoms with Gasteiger partial charge >= 0.3 is 0 Å². The van der Waals surface area contributed by atoms with Crippen LogP contribution in [0.2, 0.25) is 5.02 Å². The molecule has 2 rings (SSSR count). The summed E-state index contributed by atoms with van der Waals surface area (Å²) in [5.74, 6) is -0.636. The summed E-state index contributed by atoms with van der Waals surface area (Å²) in [5, 5.41) is 27.6. The van der Waals surface area contributed by atoms with Crippen molar-refractivity contribution >= 4 is 28.9 Å². The van der Waals surface area contributed by atoms with Crippen molar-refractivity contribution in [3.05, 3.63) is 44.7 Å². The van der Waals surface area contributed by atoms with Crippen LogP contribution in [0.3, 0.4) is 0 Å². The number of hydrogen-bond acceptors (Lipinski definition) is 5. The number of hydrogen-bond donors (Lipinski definition) is 2. The molecule has 1 aromatic heterocycles. The standard InChI is InChI=1S/C14H15ClN4O4/c1-8-14(15)9(2)18(17-8)6-5-13(21)16-11-7-10(19(22)23)3-4-12(11)20/h3-4,7,20H,5-6H2,1-2H3,(H,16,21). The normalized spacial score (nSPS) is 10.6. The average molecular weight is 339 g/mol. The van der Waals surface area contributed by atoms with Gasteiger partial charge in [-0.05, 0) is 19.9 Å². The van der Waals surface area contributed by atoms with Crippen LogP contribution in [-0.4, -0.2) is 25.7 Å². The third kappa shape index (κ3) is 3.78. The van der Waals surface area contributed by atoms with E-state index >= 15 is 0 Å². The van der Waals surface area contributed by atoms with Gasteiger partial charge in [-0.15, -0.1) is 0 Å². The second-order valence-corrected chi connectivity index (χ2v) is 5.34. The quantitative estimate of drug-likeness (QED) is 0.494. The molecule has 122 valence electrons. The molecule has 0 atom stereocenters. The molecule has 1 amide bonds. The van der Waals surface area contributed by atoms with E-state index in [9.17, 15) is 20.0 Å². The van der Waals surface area contributed by atoms with Crippen molar-refractivity contribution in [1.82, 2.24) is 9.78 Å². The third-order valence-corrected chi connectivity index (χ3v) is 3.86. The number of amides is 1. The number of aromatic nitrogens is 2. The summed E-state index contributed by atoms with van der Waals surface area (Å²) in [4.78, 5) is 22.1. The number of benzene rings is 1. The fraction of sp³-hybridized carbons (Fsp3) is 0.286. The van der Waals surface area contributed by atoms with Crippen molar-refractivity contribution in [3.63, 3.8) is 0 Å². The van der Waals surface area contributed by atoms with E-state index in [1.165, 1.54) is 0 Å². The first-order valence-electron chi connectivity index (χ1n) is 6.76. The molecule has 23 heavy (non-hydrogen) atoms. The molecule has 0 saturated carbocycles. The summed E-state index contributed by atoms with van der Waals surface area (Å²) in [5.41, 5.74) is 1.22. The van der Waals surface area contributed by atoms with Crippen molar-refractivity contribution in [3.8, 4) is 5.75 Å². The van der Waals surface area contributed by atoms with Crippen LogP contribution in [0.4, 0.5) is 11.4 Å². The summed E-state index contributed by atoms with van der Waals surface area (Å²) < 4.78 is 1.62. The maximum atomic E-state index is 12.0. The Morgan fingerprint density at radius 3 is 2.74 bits per heavy atom. The summed E-state index contributed by atoms with van der Waals surface area (Å²) in [6.45, 7) is 3.88. The second-order valence-electron chi connectivity index (χ2n) is 4.96. The SMILES string of the molecule is Cc1nn(CCC(=O)Nc2cc([N+](=O)[O-])ccc2O)c(C)c1Cl. The van der Waals surface area contributed by atoms with E-state index in [0.717, 1.165) is 23.9 Å². The Bertz CT molecular complexity index is 772. The van der Waals surface area contributed by atoms with Gasteiger partial charge in [-0.2, -0.15) is 5.10 Å². The van der Waals surface area contributed by atoms with Gasteiger partial charge in [-0.3, -0.25) is 19.6 Å². The molecule has 0 aliphatic rings. The van der Waals surface area contributed by atoms with Crippen LogP contribution in [0.5, 0.6) is 5.75 Å². The van der Waals surface area contributed by atoms with Crippen LogP contribution >= 0.6 is 11.6 Å². The summed E-state index contributed by atoms with van der Waals surface area (Å²) in [6, 6.07) is 3.42. The molecule has 1 aromatic carbocycles. The average Bonchev–Trinajstić information content (AvgIpc) is 2.74. The number of aryl methyl sites for hydroxylation is 2. The number of nitro groups is 1. The number of halogens is 1. The highest BCUT2D eigenvalue weighted by molar-refractivity contribution is 6.31. The van der Waals surface area contributed by atoms with Gasteiger partial charge in [0.05, 0.1) is 33.6 Å². The van der Waals surface area contributed by atoms with E-state index in [0.29, 0.717) is 17.3 Å². The van der Waals surface area contributed by atoms with E-state index in [1.54, 1.807) is 18.5 Å². The minimum Gasteiger partial charge on any atom is -0.506 e. The van der Waals surface area contributed by atoms with Gasteiger partial charge in [0.1, 0.15) is 5.75 Å². The van der Waals surface area contributed by atoms with Gasteiger partial charge in [0.2, 0.25) is 5.91 Å². The summed E-state index contributed by atoms with van der Waals surface area (Å²) in [7, 11) is 0. The summed E-state index contributed by atoms with van der Waals surface area (Å²) in [6.07, 6.45) is 0.0838. The minimum atomic E-state index is -0.604. The van der Waals surface area contributed by atoms with Crippen molar-refractivity contribution in [2.24, 2.45) is 0 Å². The number of rotatable bonds is 5. The highest BCUT2D eigenvalue weighted by atomic mass is 35.5. The van der Waals surface area contributed by atoms with E-state index < -0.39 is 10.8 Å². The van der Waals surface area contributed by atoms with E-state index in [-0.39, 0.29) is 23.5 Å². The highest BCUT2D eigenvalue weighted by Crippen LogP contribution is 2.28. The van der Waals surface area contributed by atoms with Crippen molar-refractivity contribution in [2.45, 2.75) is 26.8 Å². The maximum absolute atomic E-state index is 12.0. The molecule has 0 aliphatic carbocycles. The Kier molecular flexibility index (Phi) is 4.85. The number of phenolic OH excluding ortho intramolecular Hbond substituents is 1. The number of carbonyl (C=O) groups is 1. The van der Waals surface area contributed by atoms with E-state index in [1.807, 2.05) is 0 Å². The first-order chi connectivity index (χ1) is 10.8. The number of aromatic hydroxyl groups is 1. The van der Waals surface area contributed by atoms with E-state index in [2.05, 4.69) is 10.4 Å². The van der Waals surface area contributed by atoms with Crippen molar-refractivity contribution in [1.29, 1.82) is 0 Å². The lowest BCUT2D eigenvalue weighted by Crippen LogP contribution is -2.15. The van der Waals surface area contributed by atoms with Crippen LogP contribution in [0.1, 0.15) is 17.8 Å². The fourth-order valence-electron chi connectivity index (χ4n) is 2.05. The van der Waals surface area contributed by atoms with Gasteiger partial charge in [-0.1, -0.05) is 11.6 Å². The molecule has 1 heterocycles. The lowest BCUT2D eigenvalue weighted by molar-refractivity contribution is -0.384. The number of nitrogens with zero attached hydrogens (tertiary/aromatic N) is 3. The Morgan fingerprint density at radius 2 is 2.17 bits per heavy atom. The van der Waals surface area contributed by atoms with Crippen molar-refractivity contribution < 1.29 is 14.8 Å². The van der Waals surface area contributed by atoms with Gasteiger partial charge in [0.15, 0.2) is 0 Å². The molecule has 0 spiro atoms. The number of carbonyl (C=O) groups excluding carboxylic acids is 1. The number of phenols is 1. The van der Waals surface area contributed by atoms with Crippen LogP contribution in [-0.2, 0) is 11.3 Å². The highest BCUT2D eigenvalue weighted by Gasteiger charge is 2.14. The zero-order chi connectivity index (χ0) is 17.1. The molecule has 0 unspecified atom stereocenters. The molecule has 0 saturated heterocycles. The zero-order valence-corrected chi connectivity index (χ0v) is 13.3. The lowest BCUT2D eigenvalue weighted by atomic mass is 10.2. The Hall–Kier alpha value is -2.61. The molecule has 0 aliphatic heterocycles. The first-order valence-corrected chi connectivity index (χ1v) is 7.14. The number of nitro benzene ring substituents is 1. The minimum absolute atomic E-state index is 0.00407. The fourth-order valence-corrected chi connectivity index (χ4v) is 2.19. The maximum Gasteiger partial charge on any atom is 0.271 e. The van der Waals surface area contributed by atoms with Crippen LogP contribution in [0.25, 0.3) is 0 Å². The largest absolute Gasteiger partial charge is 0.506 e. The zero-order valence-electron chi connectivity index (χ0n) is 12.5. The smallest absolute Gasteiger partial charge is 0.271 e. The molecule has 2 aromatic rings. The lowest BCUT2D eigenvalue weighted by Gasteiger charge is -2.08. The number of non-ortho nitro benzene ring substituents is 1. The monoisotopic (exact) mass is 338 g/mol. The Morgan fingerprint density at radius 1 is 1.48 bits per heavy atom. The summed E-state index contributed by atoms with van der Waals surface area (Å²) >= 11 is 6.03. The van der Waals surface area contributed by atoms with Gasteiger partial charge in [0.25, 0.3) is 5.69 Å². The van der Waals surface area contributed by atoms with Crippen LogP contribution < -0.4 is 5.32 Å².